The Bertz CT molecular complexity index is 820. The van der Waals surface area contributed by atoms with E-state index in [-0.39, 0.29) is 0 Å². The molecule has 5 nitrogen and oxygen atoms in total. The Morgan fingerprint density at radius 2 is 1.83 bits per heavy atom. The van der Waals surface area contributed by atoms with Crippen molar-refractivity contribution >= 4 is 12.0 Å². The number of carbonyl (C=O) groups excluding carboxylic acids is 1. The van der Waals surface area contributed by atoms with Gasteiger partial charge in [-0.25, -0.2) is 0 Å². The Morgan fingerprint density at radius 1 is 1.03 bits per heavy atom. The highest BCUT2D eigenvalue weighted by Gasteiger charge is 2.28. The molecule has 0 bridgehead atoms. The van der Waals surface area contributed by atoms with Crippen LogP contribution < -0.4 is 14.4 Å². The maximum atomic E-state index is 11.2. The summed E-state index contributed by atoms with van der Waals surface area (Å²) in [6.07, 6.45) is 6.98. The summed E-state index contributed by atoms with van der Waals surface area (Å²) in [5.41, 5.74) is 2.47. The zero-order valence-corrected chi connectivity index (χ0v) is 17.8. The van der Waals surface area contributed by atoms with E-state index in [2.05, 4.69) is 46.2 Å². The molecule has 1 atom stereocenters. The van der Waals surface area contributed by atoms with Crippen molar-refractivity contribution in [2.75, 3.05) is 38.2 Å². The van der Waals surface area contributed by atoms with E-state index in [9.17, 15) is 4.79 Å². The third kappa shape index (κ3) is 4.96. The predicted octanol–water partition coefficient (Wildman–Crippen LogP) is 3.95. The normalized spacial score (nSPS) is 20.3. The van der Waals surface area contributed by atoms with Crippen LogP contribution in [0.3, 0.4) is 0 Å². The van der Waals surface area contributed by atoms with Crippen molar-refractivity contribution < 1.29 is 14.3 Å². The lowest BCUT2D eigenvalue weighted by molar-refractivity contribution is -0.109. The number of ether oxygens (including phenoxy) is 2. The van der Waals surface area contributed by atoms with Gasteiger partial charge in [0.15, 0.2) is 11.5 Å². The Kier molecular flexibility index (Phi) is 6.90. The number of nitrogens with zero attached hydrogens (tertiary/aromatic N) is 2. The second-order valence-electron chi connectivity index (χ2n) is 8.31. The lowest BCUT2D eigenvalue weighted by atomic mass is 10.0. The molecule has 1 aliphatic carbocycles. The number of hydrogen-bond donors (Lipinski definition) is 0. The molecule has 0 aromatic heterocycles. The second kappa shape index (κ2) is 9.98. The highest BCUT2D eigenvalue weighted by atomic mass is 16.5. The van der Waals surface area contributed by atoms with Crippen LogP contribution in [0.1, 0.15) is 31.2 Å². The molecular formula is C25H32N2O3. The van der Waals surface area contributed by atoms with Gasteiger partial charge in [0, 0.05) is 37.4 Å². The van der Waals surface area contributed by atoms with Gasteiger partial charge in [0.1, 0.15) is 6.29 Å². The van der Waals surface area contributed by atoms with Crippen molar-refractivity contribution in [1.82, 2.24) is 4.90 Å². The zero-order valence-electron chi connectivity index (χ0n) is 17.8. The average molecular weight is 409 g/mol. The summed E-state index contributed by atoms with van der Waals surface area (Å²) in [5, 5.41) is 0. The molecule has 2 fully saturated rings. The highest BCUT2D eigenvalue weighted by Crippen LogP contribution is 2.35. The van der Waals surface area contributed by atoms with Gasteiger partial charge in [0.05, 0.1) is 19.8 Å². The predicted molar refractivity (Wildman–Crippen MR) is 120 cm³/mol. The van der Waals surface area contributed by atoms with Crippen LogP contribution in [0.15, 0.2) is 48.5 Å². The van der Waals surface area contributed by atoms with E-state index in [0.29, 0.717) is 18.7 Å². The SMILES string of the molecule is COc1ccc(N2CCN(CC=O)C(Cc3ccccc3)C2)cc1OC1CCCC1. The number of benzene rings is 2. The molecule has 5 heteroatoms. The summed E-state index contributed by atoms with van der Waals surface area (Å²) in [6, 6.07) is 17.1. The first-order valence-electron chi connectivity index (χ1n) is 11.1. The molecule has 30 heavy (non-hydrogen) atoms. The standard InChI is InChI=1S/C25H32N2O3/c1-29-24-12-11-21(18-25(24)30-23-9-5-6-10-23)27-14-13-26(15-16-28)22(19-27)17-20-7-3-2-4-8-20/h2-4,7-8,11-12,16,18,22-23H,5-6,9-10,13-15,17,19H2,1H3. The Labute approximate surface area is 179 Å². The van der Waals surface area contributed by atoms with E-state index in [4.69, 9.17) is 9.47 Å². The molecule has 0 radical (unpaired) electrons. The van der Waals surface area contributed by atoms with Crippen LogP contribution >= 0.6 is 0 Å². The number of hydrogen-bond acceptors (Lipinski definition) is 5. The molecule has 1 aliphatic heterocycles. The van der Waals surface area contributed by atoms with Gasteiger partial charge in [-0.3, -0.25) is 4.90 Å². The number of anilines is 1. The number of piperazine rings is 1. The minimum Gasteiger partial charge on any atom is -0.493 e. The molecule has 1 saturated carbocycles. The Balaban J connectivity index is 1.51. The van der Waals surface area contributed by atoms with Crippen LogP contribution in [0.25, 0.3) is 0 Å². The van der Waals surface area contributed by atoms with Crippen LogP contribution in [0, 0.1) is 0 Å². The lowest BCUT2D eigenvalue weighted by Gasteiger charge is -2.42. The van der Waals surface area contributed by atoms with Gasteiger partial charge < -0.3 is 19.2 Å². The number of aldehydes is 1. The lowest BCUT2D eigenvalue weighted by Crippen LogP contribution is -2.54. The van der Waals surface area contributed by atoms with Crippen LogP contribution in [-0.4, -0.2) is 56.6 Å². The van der Waals surface area contributed by atoms with Crippen molar-refractivity contribution in [1.29, 1.82) is 0 Å². The van der Waals surface area contributed by atoms with Crippen molar-refractivity contribution in [2.45, 2.75) is 44.2 Å². The summed E-state index contributed by atoms with van der Waals surface area (Å²) < 4.78 is 11.9. The Morgan fingerprint density at radius 3 is 2.57 bits per heavy atom. The third-order valence-electron chi connectivity index (χ3n) is 6.34. The molecule has 0 N–H and O–H groups in total. The van der Waals surface area contributed by atoms with Crippen LogP contribution in [0.5, 0.6) is 11.5 Å². The van der Waals surface area contributed by atoms with Gasteiger partial charge in [-0.15, -0.1) is 0 Å². The minimum absolute atomic E-state index is 0.296. The number of carbonyl (C=O) groups is 1. The van der Waals surface area contributed by atoms with Gasteiger partial charge in [-0.2, -0.15) is 0 Å². The molecule has 1 saturated heterocycles. The van der Waals surface area contributed by atoms with Gasteiger partial charge in [0.2, 0.25) is 0 Å². The molecule has 0 amide bonds. The maximum Gasteiger partial charge on any atom is 0.163 e. The first kappa shape index (κ1) is 20.7. The largest absolute Gasteiger partial charge is 0.493 e. The van der Waals surface area contributed by atoms with Crippen molar-refractivity contribution in [3.05, 3.63) is 54.1 Å². The van der Waals surface area contributed by atoms with Crippen molar-refractivity contribution in [3.63, 3.8) is 0 Å². The highest BCUT2D eigenvalue weighted by molar-refractivity contribution is 5.57. The first-order valence-corrected chi connectivity index (χ1v) is 11.1. The fraction of sp³-hybridized carbons (Fsp3) is 0.480. The Hall–Kier alpha value is -2.53. The van der Waals surface area contributed by atoms with Gasteiger partial charge in [-0.1, -0.05) is 30.3 Å². The molecular weight excluding hydrogens is 376 g/mol. The maximum absolute atomic E-state index is 11.2. The first-order chi connectivity index (χ1) is 14.8. The fourth-order valence-corrected chi connectivity index (χ4v) is 4.68. The van der Waals surface area contributed by atoms with Gasteiger partial charge in [0.25, 0.3) is 0 Å². The van der Waals surface area contributed by atoms with E-state index in [1.165, 1.54) is 18.4 Å². The molecule has 1 heterocycles. The second-order valence-corrected chi connectivity index (χ2v) is 8.31. The molecule has 4 rings (SSSR count). The summed E-state index contributed by atoms with van der Waals surface area (Å²) in [4.78, 5) is 15.9. The fourth-order valence-electron chi connectivity index (χ4n) is 4.68. The molecule has 0 spiro atoms. The van der Waals surface area contributed by atoms with Crippen LogP contribution in [0.4, 0.5) is 5.69 Å². The summed E-state index contributed by atoms with van der Waals surface area (Å²) in [6.45, 7) is 3.15. The van der Waals surface area contributed by atoms with E-state index in [1.807, 2.05) is 12.1 Å². The van der Waals surface area contributed by atoms with Gasteiger partial charge >= 0.3 is 0 Å². The molecule has 2 aromatic carbocycles. The molecule has 1 unspecified atom stereocenters. The molecule has 2 aliphatic rings. The van der Waals surface area contributed by atoms with Crippen molar-refractivity contribution in [2.24, 2.45) is 0 Å². The quantitative estimate of drug-likeness (QED) is 0.619. The summed E-state index contributed by atoms with van der Waals surface area (Å²) >= 11 is 0. The van der Waals surface area contributed by atoms with E-state index >= 15 is 0 Å². The van der Waals surface area contributed by atoms with Crippen LogP contribution in [-0.2, 0) is 11.2 Å². The van der Waals surface area contributed by atoms with Gasteiger partial charge in [-0.05, 0) is 49.8 Å². The number of methoxy groups -OCH3 is 1. The van der Waals surface area contributed by atoms with Crippen LogP contribution in [0.2, 0.25) is 0 Å². The summed E-state index contributed by atoms with van der Waals surface area (Å²) in [7, 11) is 1.70. The smallest absolute Gasteiger partial charge is 0.163 e. The van der Waals surface area contributed by atoms with E-state index < -0.39 is 0 Å². The monoisotopic (exact) mass is 408 g/mol. The van der Waals surface area contributed by atoms with Crippen molar-refractivity contribution in [3.8, 4) is 11.5 Å². The van der Waals surface area contributed by atoms with E-state index in [0.717, 1.165) is 62.4 Å². The third-order valence-corrected chi connectivity index (χ3v) is 6.34. The average Bonchev–Trinajstić information content (AvgIpc) is 3.29. The summed E-state index contributed by atoms with van der Waals surface area (Å²) in [5.74, 6) is 1.64. The van der Waals surface area contributed by atoms with E-state index in [1.54, 1.807) is 7.11 Å². The minimum atomic E-state index is 0.296. The topological polar surface area (TPSA) is 42.0 Å². The zero-order chi connectivity index (χ0) is 20.8. The molecule has 2 aromatic rings. The number of rotatable bonds is 8. The molecule has 160 valence electrons.